The molecule has 1 aliphatic carbocycles. The molecule has 0 bridgehead atoms. The van der Waals surface area contributed by atoms with Crippen LogP contribution < -0.4 is 5.73 Å². The van der Waals surface area contributed by atoms with Gasteiger partial charge >= 0.3 is 0 Å². The third-order valence-corrected chi connectivity index (χ3v) is 5.49. The van der Waals surface area contributed by atoms with Gasteiger partial charge in [0.1, 0.15) is 0 Å². The molecule has 1 saturated heterocycles. The highest BCUT2D eigenvalue weighted by Crippen LogP contribution is 2.37. The SMILES string of the molecule is CCCC(CN)N1CCN(C(=O)C2(C)CCCCC2)CC1. The molecule has 1 saturated carbocycles. The van der Waals surface area contributed by atoms with Gasteiger partial charge in [-0.3, -0.25) is 9.69 Å². The van der Waals surface area contributed by atoms with Crippen LogP contribution in [0.15, 0.2) is 0 Å². The molecule has 4 heteroatoms. The predicted octanol–water partition coefficient (Wildman–Crippen LogP) is 2.23. The summed E-state index contributed by atoms with van der Waals surface area (Å²) in [5.74, 6) is 0.404. The lowest BCUT2D eigenvalue weighted by Gasteiger charge is -2.43. The Morgan fingerprint density at radius 2 is 1.76 bits per heavy atom. The first kappa shape index (κ1) is 16.8. The summed E-state index contributed by atoms with van der Waals surface area (Å²) in [7, 11) is 0. The molecule has 1 atom stereocenters. The van der Waals surface area contributed by atoms with E-state index in [9.17, 15) is 4.79 Å². The third kappa shape index (κ3) is 3.98. The molecule has 0 spiro atoms. The Bertz CT molecular complexity index is 331. The highest BCUT2D eigenvalue weighted by molar-refractivity contribution is 5.82. The maximum Gasteiger partial charge on any atom is 0.228 e. The average Bonchev–Trinajstić information content (AvgIpc) is 2.53. The van der Waals surface area contributed by atoms with E-state index >= 15 is 0 Å². The number of amides is 1. The van der Waals surface area contributed by atoms with Crippen molar-refractivity contribution >= 4 is 5.91 Å². The van der Waals surface area contributed by atoms with Gasteiger partial charge in [0.25, 0.3) is 0 Å². The van der Waals surface area contributed by atoms with E-state index in [0.29, 0.717) is 11.9 Å². The van der Waals surface area contributed by atoms with Crippen molar-refractivity contribution in [1.29, 1.82) is 0 Å². The van der Waals surface area contributed by atoms with E-state index in [0.717, 1.165) is 45.6 Å². The Morgan fingerprint density at radius 3 is 2.29 bits per heavy atom. The van der Waals surface area contributed by atoms with Crippen LogP contribution in [0.1, 0.15) is 58.8 Å². The van der Waals surface area contributed by atoms with E-state index in [1.165, 1.54) is 32.1 Å². The van der Waals surface area contributed by atoms with Crippen LogP contribution >= 0.6 is 0 Å². The summed E-state index contributed by atoms with van der Waals surface area (Å²) in [6, 6.07) is 0.498. The van der Waals surface area contributed by atoms with Gasteiger partial charge in [-0.1, -0.05) is 39.5 Å². The van der Waals surface area contributed by atoms with Gasteiger partial charge in [0, 0.05) is 44.2 Å². The van der Waals surface area contributed by atoms with Gasteiger partial charge in [0.05, 0.1) is 0 Å². The number of rotatable bonds is 5. The summed E-state index contributed by atoms with van der Waals surface area (Å²) in [5.41, 5.74) is 5.81. The molecule has 0 aromatic rings. The summed E-state index contributed by atoms with van der Waals surface area (Å²) in [5, 5.41) is 0. The smallest absolute Gasteiger partial charge is 0.228 e. The number of carbonyl (C=O) groups is 1. The van der Waals surface area contributed by atoms with Crippen molar-refractivity contribution in [3.05, 3.63) is 0 Å². The summed E-state index contributed by atoms with van der Waals surface area (Å²) < 4.78 is 0. The van der Waals surface area contributed by atoms with Gasteiger partial charge in [0.15, 0.2) is 0 Å². The van der Waals surface area contributed by atoms with Crippen LogP contribution in [0.25, 0.3) is 0 Å². The second-order valence-corrected chi connectivity index (χ2v) is 7.13. The first-order chi connectivity index (χ1) is 10.1. The van der Waals surface area contributed by atoms with E-state index in [2.05, 4.69) is 23.6 Å². The van der Waals surface area contributed by atoms with Gasteiger partial charge < -0.3 is 10.6 Å². The quantitative estimate of drug-likeness (QED) is 0.846. The number of hydrogen-bond donors (Lipinski definition) is 1. The Balaban J connectivity index is 1.86. The molecule has 21 heavy (non-hydrogen) atoms. The molecule has 4 nitrogen and oxygen atoms in total. The fourth-order valence-electron chi connectivity index (χ4n) is 4.00. The zero-order valence-electron chi connectivity index (χ0n) is 13.9. The molecule has 2 N–H and O–H groups in total. The van der Waals surface area contributed by atoms with Crippen LogP contribution in [-0.2, 0) is 4.79 Å². The monoisotopic (exact) mass is 295 g/mol. The zero-order valence-corrected chi connectivity index (χ0v) is 13.9. The maximum absolute atomic E-state index is 12.8. The number of nitrogens with two attached hydrogens (primary N) is 1. The minimum atomic E-state index is -0.0862. The zero-order chi connectivity index (χ0) is 15.3. The van der Waals surface area contributed by atoms with Crippen LogP contribution in [0.3, 0.4) is 0 Å². The number of piperazine rings is 1. The molecule has 1 unspecified atom stereocenters. The van der Waals surface area contributed by atoms with Gasteiger partial charge in [0.2, 0.25) is 5.91 Å². The van der Waals surface area contributed by atoms with Crippen molar-refractivity contribution in [3.8, 4) is 0 Å². The Labute approximate surface area is 130 Å². The van der Waals surface area contributed by atoms with E-state index in [4.69, 9.17) is 5.73 Å². The highest BCUT2D eigenvalue weighted by Gasteiger charge is 2.38. The van der Waals surface area contributed by atoms with Crippen LogP contribution in [0, 0.1) is 5.41 Å². The summed E-state index contributed by atoms with van der Waals surface area (Å²) >= 11 is 0. The van der Waals surface area contributed by atoms with Crippen LogP contribution in [0.2, 0.25) is 0 Å². The Morgan fingerprint density at radius 1 is 1.14 bits per heavy atom. The van der Waals surface area contributed by atoms with Gasteiger partial charge in [-0.15, -0.1) is 0 Å². The minimum Gasteiger partial charge on any atom is -0.340 e. The Kier molecular flexibility index (Phi) is 6.06. The van der Waals surface area contributed by atoms with Crippen LogP contribution in [-0.4, -0.2) is 54.5 Å². The molecule has 1 heterocycles. The molecule has 2 fully saturated rings. The summed E-state index contributed by atoms with van der Waals surface area (Å²) in [6.07, 6.45) is 8.23. The minimum absolute atomic E-state index is 0.0862. The predicted molar refractivity (Wildman–Crippen MR) is 87.1 cm³/mol. The van der Waals surface area contributed by atoms with Crippen molar-refractivity contribution in [2.45, 2.75) is 64.8 Å². The molecule has 1 aliphatic heterocycles. The number of hydrogen-bond acceptors (Lipinski definition) is 3. The van der Waals surface area contributed by atoms with E-state index in [1.54, 1.807) is 0 Å². The molecular weight excluding hydrogens is 262 g/mol. The van der Waals surface area contributed by atoms with Crippen molar-refractivity contribution in [3.63, 3.8) is 0 Å². The fourth-order valence-corrected chi connectivity index (χ4v) is 4.00. The lowest BCUT2D eigenvalue weighted by molar-refractivity contribution is -0.145. The highest BCUT2D eigenvalue weighted by atomic mass is 16.2. The second kappa shape index (κ2) is 7.59. The first-order valence-corrected chi connectivity index (χ1v) is 8.84. The van der Waals surface area contributed by atoms with E-state index in [-0.39, 0.29) is 5.41 Å². The maximum atomic E-state index is 12.8. The largest absolute Gasteiger partial charge is 0.340 e. The van der Waals surface area contributed by atoms with Crippen LogP contribution in [0.5, 0.6) is 0 Å². The van der Waals surface area contributed by atoms with E-state index in [1.807, 2.05) is 0 Å². The van der Waals surface area contributed by atoms with E-state index < -0.39 is 0 Å². The molecule has 2 rings (SSSR count). The normalized spacial score (nSPS) is 24.8. The molecule has 0 aromatic heterocycles. The van der Waals surface area contributed by atoms with Crippen molar-refractivity contribution in [2.75, 3.05) is 32.7 Å². The first-order valence-electron chi connectivity index (χ1n) is 8.84. The topological polar surface area (TPSA) is 49.6 Å². The lowest BCUT2D eigenvalue weighted by atomic mass is 9.74. The summed E-state index contributed by atoms with van der Waals surface area (Å²) in [6.45, 7) is 8.88. The fraction of sp³-hybridized carbons (Fsp3) is 0.941. The molecule has 0 radical (unpaired) electrons. The van der Waals surface area contributed by atoms with Crippen molar-refractivity contribution in [1.82, 2.24) is 9.80 Å². The molecule has 0 aromatic carbocycles. The lowest BCUT2D eigenvalue weighted by Crippen LogP contribution is -2.56. The van der Waals surface area contributed by atoms with Gasteiger partial charge in [-0.2, -0.15) is 0 Å². The molecule has 1 amide bonds. The molecule has 2 aliphatic rings. The number of carbonyl (C=O) groups excluding carboxylic acids is 1. The Hall–Kier alpha value is -0.610. The summed E-state index contributed by atoms with van der Waals surface area (Å²) in [4.78, 5) is 17.4. The molecule has 122 valence electrons. The van der Waals surface area contributed by atoms with Crippen LogP contribution in [0.4, 0.5) is 0 Å². The number of nitrogens with zero attached hydrogens (tertiary/aromatic N) is 2. The second-order valence-electron chi connectivity index (χ2n) is 7.13. The standard InChI is InChI=1S/C17H33N3O/c1-3-7-15(14-18)19-10-12-20(13-11-19)16(21)17(2)8-5-4-6-9-17/h15H,3-14,18H2,1-2H3. The van der Waals surface area contributed by atoms with Crippen molar-refractivity contribution < 1.29 is 4.79 Å². The van der Waals surface area contributed by atoms with Crippen molar-refractivity contribution in [2.24, 2.45) is 11.1 Å². The van der Waals surface area contributed by atoms with Gasteiger partial charge in [-0.25, -0.2) is 0 Å². The average molecular weight is 295 g/mol. The van der Waals surface area contributed by atoms with Gasteiger partial charge in [-0.05, 0) is 19.3 Å². The molecular formula is C17H33N3O. The third-order valence-electron chi connectivity index (χ3n) is 5.49.